The molecule has 0 saturated carbocycles. The first-order valence-electron chi connectivity index (χ1n) is 6.24. The van der Waals surface area contributed by atoms with Crippen LogP contribution in [0, 0.1) is 12.9 Å². The van der Waals surface area contributed by atoms with Gasteiger partial charge in [0.05, 0.1) is 0 Å². The lowest BCUT2D eigenvalue weighted by molar-refractivity contribution is 0.582. The van der Waals surface area contributed by atoms with Gasteiger partial charge in [-0.3, -0.25) is 0 Å². The number of hydrogen-bond donors (Lipinski definition) is 0. The van der Waals surface area contributed by atoms with Gasteiger partial charge in [0.15, 0.2) is 0 Å². The Morgan fingerprint density at radius 1 is 1.22 bits per heavy atom. The summed E-state index contributed by atoms with van der Waals surface area (Å²) in [6.07, 6.45) is 2.16. The molecule has 0 aliphatic carbocycles. The van der Waals surface area contributed by atoms with E-state index in [1.54, 1.807) is 6.07 Å². The van der Waals surface area contributed by atoms with Crippen LogP contribution in [0.15, 0.2) is 36.4 Å². The van der Waals surface area contributed by atoms with Crippen LogP contribution < -0.4 is 4.90 Å². The Morgan fingerprint density at radius 2 is 2.11 bits per heavy atom. The van der Waals surface area contributed by atoms with Gasteiger partial charge in [-0.25, -0.2) is 4.98 Å². The van der Waals surface area contributed by atoms with Crippen molar-refractivity contribution in [1.82, 2.24) is 4.98 Å². The summed E-state index contributed by atoms with van der Waals surface area (Å²) in [5.41, 5.74) is 3.75. The van der Waals surface area contributed by atoms with E-state index in [0.29, 0.717) is 5.82 Å². The van der Waals surface area contributed by atoms with E-state index in [0.717, 1.165) is 25.1 Å². The summed E-state index contributed by atoms with van der Waals surface area (Å²) in [6.45, 7) is 2.99. The lowest BCUT2D eigenvalue weighted by atomic mass is 9.99. The maximum atomic E-state index is 13.2. The largest absolute Gasteiger partial charge is 0.326 e. The number of halogens is 1. The number of fused-ring (bicyclic) bond motifs is 1. The zero-order valence-corrected chi connectivity index (χ0v) is 10.4. The summed E-state index contributed by atoms with van der Waals surface area (Å²) in [5.74, 6) is 0.270. The van der Waals surface area contributed by atoms with Gasteiger partial charge in [0, 0.05) is 12.2 Å². The van der Waals surface area contributed by atoms with Gasteiger partial charge in [0.25, 0.3) is 0 Å². The Hall–Kier alpha value is -1.90. The second kappa shape index (κ2) is 4.41. The number of rotatable bonds is 1. The molecule has 0 fully saturated rings. The topological polar surface area (TPSA) is 16.1 Å². The maximum Gasteiger partial charge on any atom is 0.214 e. The second-order valence-electron chi connectivity index (χ2n) is 4.71. The number of aryl methyl sites for hydroxylation is 2. The lowest BCUT2D eigenvalue weighted by Gasteiger charge is -2.30. The number of anilines is 2. The van der Waals surface area contributed by atoms with E-state index < -0.39 is 5.95 Å². The van der Waals surface area contributed by atoms with Crippen LogP contribution in [0.5, 0.6) is 0 Å². The van der Waals surface area contributed by atoms with Crippen LogP contribution in [0.1, 0.15) is 17.5 Å². The van der Waals surface area contributed by atoms with Gasteiger partial charge in [-0.15, -0.1) is 0 Å². The van der Waals surface area contributed by atoms with Crippen molar-refractivity contribution in [1.29, 1.82) is 0 Å². The molecule has 2 aromatic rings. The molecule has 0 bridgehead atoms. The average Bonchev–Trinajstić information content (AvgIpc) is 2.37. The van der Waals surface area contributed by atoms with Crippen LogP contribution in [0.25, 0.3) is 0 Å². The van der Waals surface area contributed by atoms with E-state index in [-0.39, 0.29) is 0 Å². The van der Waals surface area contributed by atoms with Crippen LogP contribution in [-0.4, -0.2) is 11.5 Å². The molecule has 2 heterocycles. The van der Waals surface area contributed by atoms with Gasteiger partial charge < -0.3 is 4.90 Å². The molecule has 1 aliphatic heterocycles. The highest BCUT2D eigenvalue weighted by molar-refractivity contribution is 5.65. The number of hydrogen-bond acceptors (Lipinski definition) is 2. The fourth-order valence-corrected chi connectivity index (χ4v) is 2.51. The highest BCUT2D eigenvalue weighted by Gasteiger charge is 2.19. The average molecular weight is 242 g/mol. The Morgan fingerprint density at radius 3 is 2.94 bits per heavy atom. The molecule has 0 amide bonds. The highest BCUT2D eigenvalue weighted by Crippen LogP contribution is 2.32. The Balaban J connectivity index is 2.06. The van der Waals surface area contributed by atoms with Crippen LogP contribution >= 0.6 is 0 Å². The van der Waals surface area contributed by atoms with E-state index in [1.807, 2.05) is 6.07 Å². The molecule has 3 heteroatoms. The number of aromatic nitrogens is 1. The van der Waals surface area contributed by atoms with Gasteiger partial charge in [-0.05, 0) is 43.5 Å². The molecule has 0 saturated heterocycles. The molecule has 92 valence electrons. The van der Waals surface area contributed by atoms with Crippen molar-refractivity contribution in [3.05, 3.63) is 53.5 Å². The van der Waals surface area contributed by atoms with Crippen molar-refractivity contribution in [2.75, 3.05) is 11.4 Å². The van der Waals surface area contributed by atoms with Crippen molar-refractivity contribution in [3.8, 4) is 0 Å². The first kappa shape index (κ1) is 11.2. The van der Waals surface area contributed by atoms with E-state index in [4.69, 9.17) is 0 Å². The predicted octanol–water partition coefficient (Wildman–Crippen LogP) is 3.61. The summed E-state index contributed by atoms with van der Waals surface area (Å²) in [4.78, 5) is 6.08. The molecule has 0 N–H and O–H groups in total. The third-order valence-corrected chi connectivity index (χ3v) is 3.33. The van der Waals surface area contributed by atoms with Gasteiger partial charge in [-0.1, -0.05) is 23.8 Å². The smallest absolute Gasteiger partial charge is 0.214 e. The number of pyridine rings is 1. The van der Waals surface area contributed by atoms with Gasteiger partial charge in [0.2, 0.25) is 5.95 Å². The SMILES string of the molecule is Cc1ccc2c(c1)CCCN2c1cccc(F)n1. The van der Waals surface area contributed by atoms with Crippen LogP contribution in [-0.2, 0) is 6.42 Å². The van der Waals surface area contributed by atoms with Crippen LogP contribution in [0.4, 0.5) is 15.9 Å². The molecule has 0 atom stereocenters. The first-order chi connectivity index (χ1) is 8.74. The predicted molar refractivity (Wildman–Crippen MR) is 70.7 cm³/mol. The Bertz CT molecular complexity index is 580. The zero-order chi connectivity index (χ0) is 12.5. The van der Waals surface area contributed by atoms with E-state index >= 15 is 0 Å². The summed E-state index contributed by atoms with van der Waals surface area (Å²) in [5, 5.41) is 0. The molecule has 18 heavy (non-hydrogen) atoms. The molecular formula is C15H15FN2. The fourth-order valence-electron chi connectivity index (χ4n) is 2.51. The fraction of sp³-hybridized carbons (Fsp3) is 0.267. The highest BCUT2D eigenvalue weighted by atomic mass is 19.1. The Labute approximate surface area is 106 Å². The summed E-state index contributed by atoms with van der Waals surface area (Å²) in [7, 11) is 0. The minimum atomic E-state index is -0.424. The molecule has 0 unspecified atom stereocenters. The minimum absolute atomic E-state index is 0.424. The van der Waals surface area contributed by atoms with Crippen molar-refractivity contribution < 1.29 is 4.39 Å². The van der Waals surface area contributed by atoms with Crippen molar-refractivity contribution >= 4 is 11.5 Å². The van der Waals surface area contributed by atoms with Gasteiger partial charge >= 0.3 is 0 Å². The third-order valence-electron chi connectivity index (χ3n) is 3.33. The minimum Gasteiger partial charge on any atom is -0.326 e. The lowest BCUT2D eigenvalue weighted by Crippen LogP contribution is -2.25. The summed E-state index contributed by atoms with van der Waals surface area (Å²) in [6, 6.07) is 11.4. The summed E-state index contributed by atoms with van der Waals surface area (Å²) < 4.78 is 13.2. The standard InChI is InChI=1S/C15H15FN2/c1-11-7-8-13-12(10-11)4-3-9-18(13)15-6-2-5-14(16)17-15/h2,5-8,10H,3-4,9H2,1H3. The molecule has 1 aromatic carbocycles. The summed E-state index contributed by atoms with van der Waals surface area (Å²) >= 11 is 0. The molecule has 2 nitrogen and oxygen atoms in total. The molecule has 0 radical (unpaired) electrons. The molecule has 0 spiro atoms. The van der Waals surface area contributed by atoms with Crippen molar-refractivity contribution in [3.63, 3.8) is 0 Å². The van der Waals surface area contributed by atoms with Crippen molar-refractivity contribution in [2.24, 2.45) is 0 Å². The molecule has 3 rings (SSSR count). The van der Waals surface area contributed by atoms with E-state index in [9.17, 15) is 4.39 Å². The van der Waals surface area contributed by atoms with Crippen LogP contribution in [0.2, 0.25) is 0 Å². The van der Waals surface area contributed by atoms with Crippen LogP contribution in [0.3, 0.4) is 0 Å². The molecule has 1 aliphatic rings. The van der Waals surface area contributed by atoms with E-state index in [2.05, 4.69) is 35.0 Å². The van der Waals surface area contributed by atoms with Gasteiger partial charge in [-0.2, -0.15) is 4.39 Å². The molecular weight excluding hydrogens is 227 g/mol. The molecule has 1 aromatic heterocycles. The second-order valence-corrected chi connectivity index (χ2v) is 4.71. The maximum absolute atomic E-state index is 13.2. The number of benzene rings is 1. The normalized spacial score (nSPS) is 14.4. The quantitative estimate of drug-likeness (QED) is 0.710. The monoisotopic (exact) mass is 242 g/mol. The third kappa shape index (κ3) is 1.96. The zero-order valence-electron chi connectivity index (χ0n) is 10.4. The van der Waals surface area contributed by atoms with Crippen molar-refractivity contribution in [2.45, 2.75) is 19.8 Å². The number of nitrogens with zero attached hydrogens (tertiary/aromatic N) is 2. The Kier molecular flexibility index (Phi) is 2.74. The van der Waals surface area contributed by atoms with E-state index in [1.165, 1.54) is 17.2 Å². The first-order valence-corrected chi connectivity index (χ1v) is 6.24. The van der Waals surface area contributed by atoms with Gasteiger partial charge in [0.1, 0.15) is 5.82 Å².